The third kappa shape index (κ3) is 12.2. The Morgan fingerprint density at radius 3 is 2.23 bits per heavy atom. The number of para-hydroxylation sites is 1. The number of hydrogen-bond donors (Lipinski definition) is 7. The second-order valence-corrected chi connectivity index (χ2v) is 19.0. The van der Waals surface area contributed by atoms with Crippen molar-refractivity contribution in [1.29, 1.82) is 0 Å². The minimum atomic E-state index is -1.82. The molecule has 0 amide bonds. The highest BCUT2D eigenvalue weighted by atomic mass is 16.7. The smallest absolute Gasteiger partial charge is 0.311 e. The van der Waals surface area contributed by atoms with Gasteiger partial charge in [-0.1, -0.05) is 39.0 Å². The molecule has 3 saturated heterocycles. The van der Waals surface area contributed by atoms with E-state index >= 15 is 0 Å². The molecule has 0 unspecified atom stereocenters. The quantitative estimate of drug-likeness (QED) is 0.106. The van der Waals surface area contributed by atoms with Crippen molar-refractivity contribution in [2.24, 2.45) is 17.8 Å². The molecule has 0 aromatic heterocycles. The zero-order valence-electron chi connectivity index (χ0n) is 39.6. The summed E-state index contributed by atoms with van der Waals surface area (Å²) in [5, 5.41) is 58.2. The SMILES string of the molecule is CC[C@H]1OC(=O)[C@H](C)[C@@H](O[C@H]2C[C@@](C)(OC)[C@](O)(CNCCOC)[C@H](C)O2)[C@H](C)[C@@H](O[C@@H]2O[C@H](C)C[C@H](NC)[C@H]2Oc2ccccc2)[C@](C)(O)C[C@@H](C)CN[C@H](C)[C@@H](O)[C@]1(C)O. The number of carbonyl (C=O) groups is 1. The van der Waals surface area contributed by atoms with E-state index in [0.717, 1.165) is 0 Å². The molecule has 0 bridgehead atoms. The highest BCUT2D eigenvalue weighted by Crippen LogP contribution is 2.43. The number of benzene rings is 1. The highest BCUT2D eigenvalue weighted by Gasteiger charge is 2.58. The van der Waals surface area contributed by atoms with E-state index in [0.29, 0.717) is 31.9 Å². The monoisotopic (exact) mass is 884 g/mol. The molecule has 16 nitrogen and oxygen atoms in total. The van der Waals surface area contributed by atoms with E-state index in [1.54, 1.807) is 48.7 Å². The van der Waals surface area contributed by atoms with Crippen LogP contribution in [0.15, 0.2) is 30.3 Å². The summed E-state index contributed by atoms with van der Waals surface area (Å²) in [7, 11) is 5.00. The molecule has 0 saturated carbocycles. The van der Waals surface area contributed by atoms with Gasteiger partial charge in [0.05, 0.1) is 48.6 Å². The first-order valence-electron chi connectivity index (χ1n) is 22.6. The molecular formula is C46H81N3O13. The predicted octanol–water partition coefficient (Wildman–Crippen LogP) is 2.91. The fraction of sp³-hybridized carbons (Fsp3) is 0.848. The van der Waals surface area contributed by atoms with Crippen LogP contribution in [0.4, 0.5) is 0 Å². The Morgan fingerprint density at radius 1 is 0.935 bits per heavy atom. The maximum absolute atomic E-state index is 14.5. The molecule has 0 radical (unpaired) electrons. The summed E-state index contributed by atoms with van der Waals surface area (Å²) in [6, 6.07) is 8.63. The van der Waals surface area contributed by atoms with E-state index < -0.39 is 95.5 Å². The molecule has 7 N–H and O–H groups in total. The lowest BCUT2D eigenvalue weighted by atomic mass is 9.75. The Morgan fingerprint density at radius 2 is 1.61 bits per heavy atom. The first-order valence-corrected chi connectivity index (χ1v) is 22.6. The van der Waals surface area contributed by atoms with Crippen LogP contribution in [0.1, 0.15) is 94.9 Å². The molecule has 3 heterocycles. The largest absolute Gasteiger partial charge is 0.483 e. The highest BCUT2D eigenvalue weighted by molar-refractivity contribution is 5.73. The van der Waals surface area contributed by atoms with Gasteiger partial charge in [0.1, 0.15) is 34.8 Å². The summed E-state index contributed by atoms with van der Waals surface area (Å²) in [6.07, 6.45) is -7.02. The molecule has 62 heavy (non-hydrogen) atoms. The zero-order valence-corrected chi connectivity index (χ0v) is 39.6. The van der Waals surface area contributed by atoms with Gasteiger partial charge in [-0.15, -0.1) is 0 Å². The Balaban J connectivity index is 1.83. The number of rotatable bonds is 14. The number of likely N-dealkylation sites (N-methyl/N-ethyl adjacent to an activating group) is 1. The van der Waals surface area contributed by atoms with E-state index in [-0.39, 0.29) is 43.9 Å². The van der Waals surface area contributed by atoms with E-state index in [2.05, 4.69) is 16.0 Å². The van der Waals surface area contributed by atoms with Crippen LogP contribution in [0.25, 0.3) is 0 Å². The van der Waals surface area contributed by atoms with Gasteiger partial charge in [-0.2, -0.15) is 0 Å². The van der Waals surface area contributed by atoms with Gasteiger partial charge in [0, 0.05) is 45.7 Å². The summed E-state index contributed by atoms with van der Waals surface area (Å²) in [5.74, 6) is -2.04. The molecule has 3 aliphatic rings. The van der Waals surface area contributed by atoms with Gasteiger partial charge in [-0.3, -0.25) is 4.79 Å². The maximum Gasteiger partial charge on any atom is 0.311 e. The predicted molar refractivity (Wildman–Crippen MR) is 233 cm³/mol. The maximum atomic E-state index is 14.5. The van der Waals surface area contributed by atoms with Crippen LogP contribution in [0.5, 0.6) is 5.75 Å². The van der Waals surface area contributed by atoms with Crippen LogP contribution < -0.4 is 20.7 Å². The number of cyclic esters (lactones) is 1. The number of ether oxygens (including phenoxy) is 8. The second-order valence-electron chi connectivity index (χ2n) is 19.0. The molecule has 0 spiro atoms. The third-order valence-corrected chi connectivity index (χ3v) is 13.8. The van der Waals surface area contributed by atoms with Crippen molar-refractivity contribution < 1.29 is 63.1 Å². The van der Waals surface area contributed by atoms with Crippen LogP contribution in [-0.2, 0) is 38.0 Å². The first-order chi connectivity index (χ1) is 29.1. The van der Waals surface area contributed by atoms with Crippen molar-refractivity contribution in [2.45, 2.75) is 185 Å². The number of aliphatic hydroxyl groups excluding tert-OH is 1. The number of methoxy groups -OCH3 is 2. The second kappa shape index (κ2) is 22.4. The van der Waals surface area contributed by atoms with E-state index in [1.165, 1.54) is 14.0 Å². The lowest BCUT2D eigenvalue weighted by Gasteiger charge is -2.53. The van der Waals surface area contributed by atoms with Crippen LogP contribution >= 0.6 is 0 Å². The molecule has 0 aliphatic carbocycles. The van der Waals surface area contributed by atoms with E-state index in [4.69, 9.17) is 37.9 Å². The van der Waals surface area contributed by atoms with Crippen molar-refractivity contribution >= 4 is 5.97 Å². The standard InChI is InChI=1S/C46H81N3O13/c1-14-35-45(10,53)39(50)31(6)49-25-27(2)23-43(8,52)40(62-42-38(34(47-11)22-28(3)57-42)59-33-18-16-15-17-19-33)29(4)37(30(5)41(51)60-35)61-36-24-44(9,56-13)46(54,32(7)58-36)26-48-20-21-55-12/h15-19,27-32,34-40,42,47-50,52-54H,14,20-26H2,1-13H3/t27-,28-,29+,30-,31-,32+,34+,35-,36+,37+,38-,39-,40-,42+,43-,44-,45-,46+/m1/s1. The van der Waals surface area contributed by atoms with Crippen LogP contribution in [0, 0.1) is 17.8 Å². The Kier molecular flexibility index (Phi) is 19.0. The number of aliphatic hydroxyl groups is 4. The van der Waals surface area contributed by atoms with Crippen molar-refractivity contribution in [2.75, 3.05) is 47.5 Å². The fourth-order valence-electron chi connectivity index (χ4n) is 9.78. The first kappa shape index (κ1) is 52.6. The van der Waals surface area contributed by atoms with Gasteiger partial charge in [-0.05, 0) is 99.4 Å². The lowest BCUT2D eigenvalue weighted by Crippen LogP contribution is -2.70. The van der Waals surface area contributed by atoms with Crippen molar-refractivity contribution in [1.82, 2.24) is 16.0 Å². The normalized spacial score (nSPS) is 44.2. The van der Waals surface area contributed by atoms with Crippen LogP contribution in [0.3, 0.4) is 0 Å². The summed E-state index contributed by atoms with van der Waals surface area (Å²) in [4.78, 5) is 14.5. The summed E-state index contributed by atoms with van der Waals surface area (Å²) in [5.41, 5.74) is -6.06. The molecule has 16 heteroatoms. The van der Waals surface area contributed by atoms with Crippen LogP contribution in [-0.4, -0.2) is 164 Å². The lowest BCUT2D eigenvalue weighted by molar-refractivity contribution is -0.335. The topological polar surface area (TPSA) is 208 Å². The van der Waals surface area contributed by atoms with Gasteiger partial charge in [0.2, 0.25) is 0 Å². The van der Waals surface area contributed by atoms with Crippen LogP contribution in [0.2, 0.25) is 0 Å². The summed E-state index contributed by atoms with van der Waals surface area (Å²) >= 11 is 0. The molecule has 3 fully saturated rings. The van der Waals surface area contributed by atoms with Gasteiger partial charge in [0.25, 0.3) is 0 Å². The number of nitrogens with one attached hydrogen (secondary N) is 3. The number of esters is 1. The summed E-state index contributed by atoms with van der Waals surface area (Å²) in [6.45, 7) is 19.2. The molecule has 358 valence electrons. The Bertz CT molecular complexity index is 1510. The minimum absolute atomic E-state index is 0.0718. The van der Waals surface area contributed by atoms with E-state index in [1.807, 2.05) is 58.2 Å². The zero-order chi connectivity index (χ0) is 46.2. The fourth-order valence-corrected chi connectivity index (χ4v) is 9.78. The molecular weight excluding hydrogens is 803 g/mol. The third-order valence-electron chi connectivity index (χ3n) is 13.8. The molecule has 3 aliphatic heterocycles. The molecule has 4 rings (SSSR count). The molecule has 18 atom stereocenters. The summed E-state index contributed by atoms with van der Waals surface area (Å²) < 4.78 is 51.0. The van der Waals surface area contributed by atoms with Crippen molar-refractivity contribution in [3.05, 3.63) is 30.3 Å². The van der Waals surface area contributed by atoms with E-state index in [9.17, 15) is 25.2 Å². The van der Waals surface area contributed by atoms with Crippen molar-refractivity contribution in [3.63, 3.8) is 0 Å². The van der Waals surface area contributed by atoms with Gasteiger partial charge >= 0.3 is 5.97 Å². The molecule has 1 aromatic carbocycles. The van der Waals surface area contributed by atoms with Gasteiger partial charge in [0.15, 0.2) is 18.7 Å². The average Bonchev–Trinajstić information content (AvgIpc) is 3.23. The minimum Gasteiger partial charge on any atom is -0.483 e. The van der Waals surface area contributed by atoms with Crippen molar-refractivity contribution in [3.8, 4) is 5.75 Å². The van der Waals surface area contributed by atoms with Gasteiger partial charge < -0.3 is 74.3 Å². The number of hydrogen-bond acceptors (Lipinski definition) is 16. The van der Waals surface area contributed by atoms with Gasteiger partial charge in [-0.25, -0.2) is 0 Å². The average molecular weight is 884 g/mol. The Labute approximate surface area is 370 Å². The Hall–Kier alpha value is -2.03. The number of carbonyl (C=O) groups excluding carboxylic acids is 1. The molecule has 1 aromatic rings.